The second-order valence-corrected chi connectivity index (χ2v) is 5.94. The van der Waals surface area contributed by atoms with Gasteiger partial charge in [0.25, 0.3) is 0 Å². The van der Waals surface area contributed by atoms with E-state index < -0.39 is 0 Å². The van der Waals surface area contributed by atoms with Gasteiger partial charge in [-0.2, -0.15) is 5.26 Å². The Kier molecular flexibility index (Phi) is 5.61. The highest BCUT2D eigenvalue weighted by molar-refractivity contribution is 5.15. The fourth-order valence-corrected chi connectivity index (χ4v) is 3.44. The minimum atomic E-state index is 0.210. The Labute approximate surface area is 123 Å². The second kappa shape index (κ2) is 7.45. The van der Waals surface area contributed by atoms with Crippen molar-refractivity contribution in [3.8, 4) is 6.07 Å². The largest absolute Gasteiger partial charge is 0.295 e. The first-order chi connectivity index (χ1) is 9.78. The van der Waals surface area contributed by atoms with Crippen LogP contribution in [0.5, 0.6) is 0 Å². The van der Waals surface area contributed by atoms with Gasteiger partial charge in [-0.1, -0.05) is 50.6 Å². The highest BCUT2D eigenvalue weighted by Gasteiger charge is 2.33. The Hall–Kier alpha value is -1.33. The number of rotatable bonds is 5. The van der Waals surface area contributed by atoms with Crippen LogP contribution in [0.15, 0.2) is 30.3 Å². The lowest BCUT2D eigenvalue weighted by Gasteiger charge is -2.39. The standard InChI is InChI=1S/C18H26N2/c1-3-15-10-11-17(13-19)18(12-15)20(4-2)14-16-8-6-5-7-9-16/h5-9,15,17-18H,3-4,10-12,14H2,1-2H3. The third-order valence-corrected chi connectivity index (χ3v) is 4.77. The lowest BCUT2D eigenvalue weighted by molar-refractivity contribution is 0.0979. The van der Waals surface area contributed by atoms with Crippen LogP contribution in [0.3, 0.4) is 0 Å². The van der Waals surface area contributed by atoms with Gasteiger partial charge in [0.05, 0.1) is 12.0 Å². The van der Waals surface area contributed by atoms with Crippen LogP contribution < -0.4 is 0 Å². The van der Waals surface area contributed by atoms with Crippen molar-refractivity contribution in [2.24, 2.45) is 11.8 Å². The zero-order valence-corrected chi connectivity index (χ0v) is 12.8. The molecule has 0 amide bonds. The molecule has 1 saturated carbocycles. The van der Waals surface area contributed by atoms with E-state index >= 15 is 0 Å². The summed E-state index contributed by atoms with van der Waals surface area (Å²) in [6, 6.07) is 13.6. The van der Waals surface area contributed by atoms with E-state index in [0.29, 0.717) is 6.04 Å². The summed E-state index contributed by atoms with van der Waals surface area (Å²) < 4.78 is 0. The Morgan fingerprint density at radius 1 is 1.20 bits per heavy atom. The molecule has 2 rings (SSSR count). The molecule has 0 aliphatic heterocycles. The van der Waals surface area contributed by atoms with Gasteiger partial charge < -0.3 is 0 Å². The maximum atomic E-state index is 9.45. The molecule has 2 nitrogen and oxygen atoms in total. The number of nitrogens with zero attached hydrogens (tertiary/aromatic N) is 2. The van der Waals surface area contributed by atoms with Crippen molar-refractivity contribution in [3.05, 3.63) is 35.9 Å². The minimum Gasteiger partial charge on any atom is -0.295 e. The third kappa shape index (κ3) is 3.61. The number of benzene rings is 1. The molecular formula is C18H26N2. The summed E-state index contributed by atoms with van der Waals surface area (Å²) in [7, 11) is 0. The topological polar surface area (TPSA) is 27.0 Å². The van der Waals surface area contributed by atoms with Crippen molar-refractivity contribution in [2.75, 3.05) is 6.54 Å². The predicted molar refractivity (Wildman–Crippen MR) is 83.0 cm³/mol. The van der Waals surface area contributed by atoms with Crippen molar-refractivity contribution >= 4 is 0 Å². The predicted octanol–water partition coefficient (Wildman–Crippen LogP) is 4.23. The molecule has 0 spiro atoms. The van der Waals surface area contributed by atoms with Crippen LogP contribution in [0, 0.1) is 23.2 Å². The molecule has 0 heterocycles. The molecular weight excluding hydrogens is 244 g/mol. The minimum absolute atomic E-state index is 0.210. The molecule has 2 heteroatoms. The fourth-order valence-electron chi connectivity index (χ4n) is 3.44. The molecule has 3 atom stereocenters. The highest BCUT2D eigenvalue weighted by Crippen LogP contribution is 2.34. The molecule has 108 valence electrons. The van der Waals surface area contributed by atoms with Crippen LogP contribution in [-0.4, -0.2) is 17.5 Å². The lowest BCUT2D eigenvalue weighted by Crippen LogP contribution is -2.43. The summed E-state index contributed by atoms with van der Waals surface area (Å²) in [6.45, 7) is 6.49. The van der Waals surface area contributed by atoms with Crippen LogP contribution in [0.2, 0.25) is 0 Å². The molecule has 0 radical (unpaired) electrons. The van der Waals surface area contributed by atoms with E-state index in [1.54, 1.807) is 0 Å². The van der Waals surface area contributed by atoms with Crippen molar-refractivity contribution in [3.63, 3.8) is 0 Å². The molecule has 0 saturated heterocycles. The van der Waals surface area contributed by atoms with Gasteiger partial charge in [0.2, 0.25) is 0 Å². The summed E-state index contributed by atoms with van der Waals surface area (Å²) >= 11 is 0. The Morgan fingerprint density at radius 3 is 2.55 bits per heavy atom. The lowest BCUT2D eigenvalue weighted by atomic mass is 9.77. The monoisotopic (exact) mass is 270 g/mol. The van der Waals surface area contributed by atoms with Crippen molar-refractivity contribution in [2.45, 2.75) is 52.1 Å². The van der Waals surface area contributed by atoms with Crippen LogP contribution in [0.25, 0.3) is 0 Å². The first-order valence-electron chi connectivity index (χ1n) is 7.96. The van der Waals surface area contributed by atoms with Gasteiger partial charge in [-0.15, -0.1) is 0 Å². The molecule has 1 aromatic rings. The van der Waals surface area contributed by atoms with Crippen LogP contribution in [-0.2, 0) is 6.54 Å². The smallest absolute Gasteiger partial charge is 0.0672 e. The molecule has 1 aliphatic rings. The van der Waals surface area contributed by atoms with Gasteiger partial charge in [0, 0.05) is 12.6 Å². The van der Waals surface area contributed by atoms with Crippen LogP contribution in [0.1, 0.15) is 45.1 Å². The van der Waals surface area contributed by atoms with Crippen LogP contribution in [0.4, 0.5) is 0 Å². The second-order valence-electron chi connectivity index (χ2n) is 5.94. The molecule has 0 bridgehead atoms. The van der Waals surface area contributed by atoms with Gasteiger partial charge in [-0.3, -0.25) is 4.90 Å². The summed E-state index contributed by atoms with van der Waals surface area (Å²) in [5.74, 6) is 1.01. The van der Waals surface area contributed by atoms with Gasteiger partial charge in [-0.05, 0) is 37.3 Å². The van der Waals surface area contributed by atoms with E-state index in [-0.39, 0.29) is 5.92 Å². The molecule has 0 N–H and O–H groups in total. The molecule has 1 aliphatic carbocycles. The summed E-state index contributed by atoms with van der Waals surface area (Å²) in [5.41, 5.74) is 1.35. The van der Waals surface area contributed by atoms with E-state index in [1.807, 2.05) is 0 Å². The molecule has 20 heavy (non-hydrogen) atoms. The quantitative estimate of drug-likeness (QED) is 0.800. The average Bonchev–Trinajstić information content (AvgIpc) is 2.53. The highest BCUT2D eigenvalue weighted by atomic mass is 15.2. The molecule has 1 aromatic carbocycles. The number of nitriles is 1. The molecule has 1 fully saturated rings. The molecule has 0 aromatic heterocycles. The Balaban J connectivity index is 2.09. The molecule has 3 unspecified atom stereocenters. The first-order valence-corrected chi connectivity index (χ1v) is 7.96. The maximum Gasteiger partial charge on any atom is 0.0672 e. The Bertz CT molecular complexity index is 434. The number of hydrogen-bond acceptors (Lipinski definition) is 2. The van der Waals surface area contributed by atoms with E-state index in [0.717, 1.165) is 25.4 Å². The summed E-state index contributed by atoms with van der Waals surface area (Å²) in [5, 5.41) is 9.45. The SMILES string of the molecule is CCC1CCC(C#N)C(N(CC)Cc2ccccc2)C1. The fraction of sp³-hybridized carbons (Fsp3) is 0.611. The van der Waals surface area contributed by atoms with E-state index in [2.05, 4.69) is 55.1 Å². The Morgan fingerprint density at radius 2 is 1.95 bits per heavy atom. The maximum absolute atomic E-state index is 9.45. The zero-order chi connectivity index (χ0) is 14.4. The summed E-state index contributed by atoms with van der Waals surface area (Å²) in [4.78, 5) is 2.50. The van der Waals surface area contributed by atoms with E-state index in [4.69, 9.17) is 0 Å². The van der Waals surface area contributed by atoms with E-state index in [9.17, 15) is 5.26 Å². The van der Waals surface area contributed by atoms with Crippen molar-refractivity contribution in [1.29, 1.82) is 5.26 Å². The third-order valence-electron chi connectivity index (χ3n) is 4.77. The number of hydrogen-bond donors (Lipinski definition) is 0. The van der Waals surface area contributed by atoms with Crippen molar-refractivity contribution < 1.29 is 0 Å². The van der Waals surface area contributed by atoms with Crippen molar-refractivity contribution in [1.82, 2.24) is 4.90 Å². The van der Waals surface area contributed by atoms with Gasteiger partial charge in [0.1, 0.15) is 0 Å². The van der Waals surface area contributed by atoms with E-state index in [1.165, 1.54) is 24.8 Å². The normalized spacial score (nSPS) is 26.4. The first kappa shape index (κ1) is 15.1. The van der Waals surface area contributed by atoms with Crippen LogP contribution >= 0.6 is 0 Å². The average molecular weight is 270 g/mol. The summed E-state index contributed by atoms with van der Waals surface area (Å²) in [6.07, 6.45) is 4.74. The van der Waals surface area contributed by atoms with Gasteiger partial charge >= 0.3 is 0 Å². The van der Waals surface area contributed by atoms with Gasteiger partial charge in [0.15, 0.2) is 0 Å². The zero-order valence-electron chi connectivity index (χ0n) is 12.8. The van der Waals surface area contributed by atoms with Gasteiger partial charge in [-0.25, -0.2) is 0 Å².